The minimum Gasteiger partial charge on any atom is -0.308 e. The lowest BCUT2D eigenvalue weighted by Crippen LogP contribution is -2.32. The van der Waals surface area contributed by atoms with Crippen molar-refractivity contribution in [2.24, 2.45) is 9.98 Å². The fraction of sp³-hybridized carbons (Fsp3) is 0.286. The van der Waals surface area contributed by atoms with Gasteiger partial charge < -0.3 is 5.32 Å². The van der Waals surface area contributed by atoms with Crippen molar-refractivity contribution >= 4 is 30.1 Å². The highest BCUT2D eigenvalue weighted by Crippen LogP contribution is 1.98. The molecular formula is C14H17N5. The quantitative estimate of drug-likeness (QED) is 0.853. The maximum absolute atomic E-state index is 4.51. The van der Waals surface area contributed by atoms with Gasteiger partial charge in [-0.25, -0.2) is 9.98 Å². The standard InChI is InChI=1S/C14H17N5/c1-3-5-7-12-11(4-2)17-10-13(18-12)19-14-15-8-6-9-16-14/h3-5,7-8,10H,6,9H2,1-2H3,(H,16,18,19)/b5-3-,11-4+,12-7+. The summed E-state index contributed by atoms with van der Waals surface area (Å²) in [5.41, 5.74) is 0. The molecule has 19 heavy (non-hydrogen) atoms. The lowest BCUT2D eigenvalue weighted by Gasteiger charge is -2.07. The van der Waals surface area contributed by atoms with Crippen LogP contribution in [0.2, 0.25) is 0 Å². The number of rotatable bonds is 2. The first-order valence-electron chi connectivity index (χ1n) is 6.30. The number of allylic oxidation sites excluding steroid dienone is 2. The van der Waals surface area contributed by atoms with Crippen LogP contribution in [0.4, 0.5) is 5.82 Å². The summed E-state index contributed by atoms with van der Waals surface area (Å²) >= 11 is 0. The first kappa shape index (κ1) is 13.1. The Labute approximate surface area is 112 Å². The van der Waals surface area contributed by atoms with E-state index < -0.39 is 0 Å². The minimum atomic E-state index is 0.589. The predicted molar refractivity (Wildman–Crippen MR) is 79.7 cm³/mol. The highest BCUT2D eigenvalue weighted by molar-refractivity contribution is 5.98. The number of guanidine groups is 1. The molecule has 5 heteroatoms. The average Bonchev–Trinajstić information content (AvgIpc) is 2.46. The maximum Gasteiger partial charge on any atom is 0.223 e. The van der Waals surface area contributed by atoms with Crippen LogP contribution in [-0.4, -0.2) is 28.7 Å². The molecule has 0 saturated heterocycles. The molecule has 0 aromatic carbocycles. The van der Waals surface area contributed by atoms with E-state index in [1.165, 1.54) is 0 Å². The van der Waals surface area contributed by atoms with E-state index >= 15 is 0 Å². The van der Waals surface area contributed by atoms with Crippen LogP contribution in [0.25, 0.3) is 12.2 Å². The van der Waals surface area contributed by atoms with Gasteiger partial charge in [0, 0.05) is 19.2 Å². The molecule has 1 aliphatic heterocycles. The lowest BCUT2D eigenvalue weighted by molar-refractivity contribution is 1.02. The third-order valence-electron chi connectivity index (χ3n) is 2.52. The Morgan fingerprint density at radius 3 is 2.84 bits per heavy atom. The van der Waals surface area contributed by atoms with Crippen LogP contribution in [0.1, 0.15) is 20.3 Å². The van der Waals surface area contributed by atoms with E-state index in [0.29, 0.717) is 11.8 Å². The van der Waals surface area contributed by atoms with Gasteiger partial charge in [0.1, 0.15) is 0 Å². The van der Waals surface area contributed by atoms with Crippen molar-refractivity contribution in [3.05, 3.63) is 29.0 Å². The van der Waals surface area contributed by atoms with Gasteiger partial charge in [-0.3, -0.25) is 9.98 Å². The molecule has 0 amide bonds. The van der Waals surface area contributed by atoms with Crippen molar-refractivity contribution in [2.45, 2.75) is 20.3 Å². The van der Waals surface area contributed by atoms with Crippen LogP contribution in [-0.2, 0) is 0 Å². The van der Waals surface area contributed by atoms with Crippen molar-refractivity contribution < 1.29 is 0 Å². The number of aliphatic imine (C=N–C) groups is 2. The van der Waals surface area contributed by atoms with E-state index in [9.17, 15) is 0 Å². The van der Waals surface area contributed by atoms with E-state index in [1.807, 2.05) is 44.4 Å². The monoisotopic (exact) mass is 255 g/mol. The normalized spacial score (nSPS) is 17.1. The highest BCUT2D eigenvalue weighted by Gasteiger charge is 2.02. The van der Waals surface area contributed by atoms with E-state index in [1.54, 1.807) is 6.20 Å². The molecule has 1 N–H and O–H groups in total. The summed E-state index contributed by atoms with van der Waals surface area (Å²) in [6.45, 7) is 4.67. The zero-order chi connectivity index (χ0) is 13.5. The van der Waals surface area contributed by atoms with Gasteiger partial charge in [-0.1, -0.05) is 18.2 Å². The van der Waals surface area contributed by atoms with Gasteiger partial charge in [0.05, 0.1) is 16.9 Å². The van der Waals surface area contributed by atoms with Crippen LogP contribution in [0.3, 0.4) is 0 Å². The largest absolute Gasteiger partial charge is 0.308 e. The highest BCUT2D eigenvalue weighted by atomic mass is 15.2. The Morgan fingerprint density at radius 1 is 1.26 bits per heavy atom. The first-order valence-corrected chi connectivity index (χ1v) is 6.30. The molecule has 5 nitrogen and oxygen atoms in total. The molecule has 1 aromatic heterocycles. The van der Waals surface area contributed by atoms with Crippen molar-refractivity contribution in [1.29, 1.82) is 0 Å². The fourth-order valence-electron chi connectivity index (χ4n) is 1.61. The number of anilines is 1. The number of hydrogen-bond donors (Lipinski definition) is 1. The summed E-state index contributed by atoms with van der Waals surface area (Å²) in [6, 6.07) is 0. The van der Waals surface area contributed by atoms with E-state index in [4.69, 9.17) is 0 Å². The summed E-state index contributed by atoms with van der Waals surface area (Å²) in [6.07, 6.45) is 12.2. The predicted octanol–water partition coefficient (Wildman–Crippen LogP) is 0.876. The van der Waals surface area contributed by atoms with Gasteiger partial charge in [-0.2, -0.15) is 0 Å². The molecule has 0 unspecified atom stereocenters. The van der Waals surface area contributed by atoms with Crippen LogP contribution in [0.5, 0.6) is 0 Å². The van der Waals surface area contributed by atoms with E-state index in [0.717, 1.165) is 23.7 Å². The second kappa shape index (κ2) is 6.58. The molecule has 0 spiro atoms. The van der Waals surface area contributed by atoms with Gasteiger partial charge in [0.25, 0.3) is 0 Å². The molecular weight excluding hydrogens is 238 g/mol. The SMILES string of the molecule is C\C=C/C=c1/nc(NC2=NCCC=N2)cn/c1=C/C. The zero-order valence-electron chi connectivity index (χ0n) is 11.2. The van der Waals surface area contributed by atoms with Gasteiger partial charge in [-0.05, 0) is 19.9 Å². The topological polar surface area (TPSA) is 62.5 Å². The molecule has 98 valence electrons. The van der Waals surface area contributed by atoms with E-state index in [-0.39, 0.29) is 0 Å². The van der Waals surface area contributed by atoms with Gasteiger partial charge in [0.2, 0.25) is 5.96 Å². The number of nitrogens with one attached hydrogen (secondary N) is 1. The fourth-order valence-corrected chi connectivity index (χ4v) is 1.61. The van der Waals surface area contributed by atoms with Crippen molar-refractivity contribution in [3.8, 4) is 0 Å². The zero-order valence-corrected chi connectivity index (χ0v) is 11.2. The van der Waals surface area contributed by atoms with Crippen molar-refractivity contribution in [2.75, 3.05) is 11.9 Å². The Morgan fingerprint density at radius 2 is 2.16 bits per heavy atom. The summed E-state index contributed by atoms with van der Waals surface area (Å²) in [5.74, 6) is 1.24. The summed E-state index contributed by atoms with van der Waals surface area (Å²) in [4.78, 5) is 17.3. The van der Waals surface area contributed by atoms with Crippen LogP contribution >= 0.6 is 0 Å². The van der Waals surface area contributed by atoms with Crippen molar-refractivity contribution in [3.63, 3.8) is 0 Å². The summed E-state index contributed by atoms with van der Waals surface area (Å²) in [5, 5.41) is 4.75. The van der Waals surface area contributed by atoms with Crippen LogP contribution < -0.4 is 16.0 Å². The molecule has 0 radical (unpaired) electrons. The Kier molecular flexibility index (Phi) is 4.55. The van der Waals surface area contributed by atoms with Crippen LogP contribution in [0.15, 0.2) is 28.3 Å². The van der Waals surface area contributed by atoms with Gasteiger partial charge in [0.15, 0.2) is 5.82 Å². The number of nitrogens with zero attached hydrogens (tertiary/aromatic N) is 4. The van der Waals surface area contributed by atoms with Gasteiger partial charge in [-0.15, -0.1) is 0 Å². The number of aromatic nitrogens is 2. The Hall–Kier alpha value is -2.30. The molecule has 2 rings (SSSR count). The summed E-state index contributed by atoms with van der Waals surface area (Å²) in [7, 11) is 0. The molecule has 0 saturated carbocycles. The van der Waals surface area contributed by atoms with Gasteiger partial charge >= 0.3 is 0 Å². The second-order valence-electron chi connectivity index (χ2n) is 3.94. The number of hydrogen-bond acceptors (Lipinski definition) is 5. The molecule has 1 aromatic rings. The smallest absolute Gasteiger partial charge is 0.223 e. The Balaban J connectivity index is 2.33. The Bertz CT molecular complexity index is 640. The third-order valence-corrected chi connectivity index (χ3v) is 2.52. The molecule has 0 bridgehead atoms. The lowest BCUT2D eigenvalue weighted by atomic mass is 10.4. The summed E-state index contributed by atoms with van der Waals surface area (Å²) < 4.78 is 0. The third kappa shape index (κ3) is 3.58. The molecule has 0 fully saturated rings. The molecule has 1 aliphatic rings. The molecule has 0 atom stereocenters. The second-order valence-corrected chi connectivity index (χ2v) is 3.94. The van der Waals surface area contributed by atoms with Crippen LogP contribution in [0, 0.1) is 0 Å². The van der Waals surface area contributed by atoms with E-state index in [2.05, 4.69) is 25.3 Å². The minimum absolute atomic E-state index is 0.589. The molecule has 0 aliphatic carbocycles. The maximum atomic E-state index is 4.51. The molecule has 2 heterocycles. The average molecular weight is 255 g/mol. The first-order chi connectivity index (χ1) is 9.33. The van der Waals surface area contributed by atoms with Crippen molar-refractivity contribution in [1.82, 2.24) is 9.97 Å².